The number of benzene rings is 1. The highest BCUT2D eigenvalue weighted by molar-refractivity contribution is 7.99. The van der Waals surface area contributed by atoms with Crippen LogP contribution in [0.5, 0.6) is 5.75 Å². The van der Waals surface area contributed by atoms with E-state index in [1.54, 1.807) is 47.3 Å². The fourth-order valence-corrected chi connectivity index (χ4v) is 6.16. The van der Waals surface area contributed by atoms with Crippen LogP contribution in [0.25, 0.3) is 21.7 Å². The first-order valence-corrected chi connectivity index (χ1v) is 11.8. The number of methoxy groups -OCH3 is 1. The van der Waals surface area contributed by atoms with E-state index in [0.29, 0.717) is 27.8 Å². The van der Waals surface area contributed by atoms with Gasteiger partial charge in [0.25, 0.3) is 5.56 Å². The molecule has 0 fully saturated rings. The first kappa shape index (κ1) is 20.1. The van der Waals surface area contributed by atoms with Gasteiger partial charge in [-0.05, 0) is 55.5 Å². The van der Waals surface area contributed by atoms with Crippen molar-refractivity contribution in [2.45, 2.75) is 37.3 Å². The SMILES string of the molecule is COc1ccc(-n2c(=O)c3c4c(sc3n3c(SCC(=O)[O-])nnc23)CCCCC4)cc1. The van der Waals surface area contributed by atoms with Crippen molar-refractivity contribution < 1.29 is 14.6 Å². The van der Waals surface area contributed by atoms with Crippen LogP contribution >= 0.6 is 23.1 Å². The van der Waals surface area contributed by atoms with Gasteiger partial charge in [-0.1, -0.05) is 18.2 Å². The van der Waals surface area contributed by atoms with Gasteiger partial charge in [0.1, 0.15) is 10.6 Å². The summed E-state index contributed by atoms with van der Waals surface area (Å²) in [6.45, 7) is 0. The zero-order valence-corrected chi connectivity index (χ0v) is 18.4. The third-order valence-corrected chi connectivity index (χ3v) is 7.67. The number of carboxylic acid groups (broad SMARTS) is 1. The van der Waals surface area contributed by atoms with E-state index >= 15 is 0 Å². The lowest BCUT2D eigenvalue weighted by atomic mass is 10.1. The van der Waals surface area contributed by atoms with Crippen molar-refractivity contribution in [1.29, 1.82) is 0 Å². The van der Waals surface area contributed by atoms with Crippen molar-refractivity contribution in [1.82, 2.24) is 19.2 Å². The molecule has 31 heavy (non-hydrogen) atoms. The molecule has 0 saturated carbocycles. The van der Waals surface area contributed by atoms with Gasteiger partial charge >= 0.3 is 0 Å². The summed E-state index contributed by atoms with van der Waals surface area (Å²) >= 11 is 2.64. The van der Waals surface area contributed by atoms with Gasteiger partial charge in [-0.15, -0.1) is 21.5 Å². The summed E-state index contributed by atoms with van der Waals surface area (Å²) < 4.78 is 8.61. The number of nitrogens with zero attached hydrogens (tertiary/aromatic N) is 4. The first-order valence-electron chi connectivity index (χ1n) is 10.00. The zero-order valence-electron chi connectivity index (χ0n) is 16.8. The molecule has 160 valence electrons. The van der Waals surface area contributed by atoms with Crippen molar-refractivity contribution in [3.8, 4) is 11.4 Å². The molecule has 0 bridgehead atoms. The van der Waals surface area contributed by atoms with Gasteiger partial charge in [0, 0.05) is 10.6 Å². The van der Waals surface area contributed by atoms with E-state index in [-0.39, 0.29) is 11.3 Å². The van der Waals surface area contributed by atoms with E-state index in [0.717, 1.165) is 54.3 Å². The molecule has 0 aliphatic heterocycles. The second-order valence-corrected chi connectivity index (χ2v) is 9.39. The van der Waals surface area contributed by atoms with Crippen LogP contribution in [0.15, 0.2) is 34.2 Å². The van der Waals surface area contributed by atoms with E-state index in [4.69, 9.17) is 4.74 Å². The third-order valence-electron chi connectivity index (χ3n) is 5.49. The van der Waals surface area contributed by atoms with Gasteiger partial charge in [0.2, 0.25) is 5.78 Å². The summed E-state index contributed by atoms with van der Waals surface area (Å²) in [7, 11) is 1.59. The Hall–Kier alpha value is -2.85. The van der Waals surface area contributed by atoms with Crippen LogP contribution in [0.2, 0.25) is 0 Å². The quantitative estimate of drug-likeness (QED) is 0.336. The molecule has 0 saturated heterocycles. The Labute approximate surface area is 185 Å². The van der Waals surface area contributed by atoms with E-state index in [2.05, 4.69) is 10.2 Å². The van der Waals surface area contributed by atoms with Crippen LogP contribution in [0.1, 0.15) is 29.7 Å². The predicted octanol–water partition coefficient (Wildman–Crippen LogP) is 2.21. The Bertz CT molecular complexity index is 1350. The number of hydrogen-bond acceptors (Lipinski definition) is 8. The Balaban J connectivity index is 1.84. The maximum Gasteiger partial charge on any atom is 0.268 e. The highest BCUT2D eigenvalue weighted by Gasteiger charge is 2.25. The lowest BCUT2D eigenvalue weighted by Gasteiger charge is -2.11. The van der Waals surface area contributed by atoms with E-state index in [1.165, 1.54) is 4.88 Å². The molecule has 0 atom stereocenters. The summed E-state index contributed by atoms with van der Waals surface area (Å²) in [5.74, 6) is -0.372. The largest absolute Gasteiger partial charge is 0.549 e. The smallest absolute Gasteiger partial charge is 0.268 e. The summed E-state index contributed by atoms with van der Waals surface area (Å²) in [5, 5.41) is 20.6. The summed E-state index contributed by atoms with van der Waals surface area (Å²) in [6.07, 6.45) is 5.11. The van der Waals surface area contributed by atoms with Crippen LogP contribution in [0.3, 0.4) is 0 Å². The fourth-order valence-electron chi connectivity index (χ4n) is 4.07. The van der Waals surface area contributed by atoms with Crippen LogP contribution in [0.4, 0.5) is 0 Å². The molecule has 8 nitrogen and oxygen atoms in total. The summed E-state index contributed by atoms with van der Waals surface area (Å²) in [6, 6.07) is 7.19. The average Bonchev–Trinajstić information content (AvgIpc) is 3.27. The zero-order chi connectivity index (χ0) is 21.5. The third kappa shape index (κ3) is 3.39. The molecule has 3 heterocycles. The van der Waals surface area contributed by atoms with E-state index in [9.17, 15) is 14.7 Å². The van der Waals surface area contributed by atoms with Gasteiger partial charge in [0.15, 0.2) is 5.16 Å². The van der Waals surface area contributed by atoms with Gasteiger partial charge in [-0.25, -0.2) is 8.97 Å². The minimum absolute atomic E-state index is 0.129. The average molecular weight is 456 g/mol. The molecule has 1 aliphatic carbocycles. The molecule has 0 amide bonds. The van der Waals surface area contributed by atoms with Gasteiger partial charge in [-0.2, -0.15) is 0 Å². The molecular formula is C21H19N4O4S2-. The van der Waals surface area contributed by atoms with Gasteiger partial charge in [0.05, 0.1) is 24.2 Å². The molecule has 0 unspecified atom stereocenters. The number of carbonyl (C=O) groups excluding carboxylic acids is 1. The van der Waals surface area contributed by atoms with E-state index in [1.807, 2.05) is 4.40 Å². The molecule has 1 aromatic carbocycles. The maximum atomic E-state index is 13.8. The number of rotatable bonds is 5. The van der Waals surface area contributed by atoms with Crippen LogP contribution in [-0.4, -0.2) is 38.0 Å². The summed E-state index contributed by atoms with van der Waals surface area (Å²) in [5.41, 5.74) is 1.63. The van der Waals surface area contributed by atoms with Crippen LogP contribution in [0, 0.1) is 0 Å². The summed E-state index contributed by atoms with van der Waals surface area (Å²) in [4.78, 5) is 26.8. The molecule has 1 aliphatic rings. The van der Waals surface area contributed by atoms with Gasteiger partial charge < -0.3 is 14.6 Å². The molecule has 3 aromatic heterocycles. The maximum absolute atomic E-state index is 13.8. The number of aromatic nitrogens is 4. The van der Waals surface area contributed by atoms with Crippen molar-refractivity contribution in [3.63, 3.8) is 0 Å². The number of carboxylic acids is 1. The second-order valence-electron chi connectivity index (χ2n) is 7.36. The van der Waals surface area contributed by atoms with Crippen molar-refractivity contribution >= 4 is 45.1 Å². The molecule has 0 spiro atoms. The Morgan fingerprint density at radius 2 is 1.97 bits per heavy atom. The highest BCUT2D eigenvalue weighted by atomic mass is 32.2. The van der Waals surface area contributed by atoms with Crippen LogP contribution < -0.4 is 15.4 Å². The minimum Gasteiger partial charge on any atom is -0.549 e. The number of aliphatic carboxylic acids is 1. The number of carbonyl (C=O) groups is 1. The molecule has 4 aromatic rings. The second kappa shape index (κ2) is 8.01. The standard InChI is InChI=1S/C21H20N4O4S2/c1-29-13-9-7-12(8-10-13)24-18(28)17-14-5-3-2-4-6-15(14)31-19(17)25-20(24)22-23-21(25)30-11-16(26)27/h7-10H,2-6,11H2,1H3,(H,26,27)/p-1. The molecule has 10 heteroatoms. The number of thioether (sulfide) groups is 1. The molecule has 0 radical (unpaired) electrons. The van der Waals surface area contributed by atoms with Crippen molar-refractivity contribution in [2.75, 3.05) is 12.9 Å². The number of fused-ring (bicyclic) bond motifs is 5. The Kier molecular flexibility index (Phi) is 5.19. The number of ether oxygens (including phenoxy) is 1. The number of aryl methyl sites for hydroxylation is 2. The topological polar surface area (TPSA) is 102 Å². The highest BCUT2D eigenvalue weighted by Crippen LogP contribution is 2.36. The minimum atomic E-state index is -1.18. The lowest BCUT2D eigenvalue weighted by molar-refractivity contribution is -0.301. The first-order chi connectivity index (χ1) is 15.1. The molecular weight excluding hydrogens is 436 g/mol. The lowest BCUT2D eigenvalue weighted by Crippen LogP contribution is -2.24. The van der Waals surface area contributed by atoms with Crippen LogP contribution in [-0.2, 0) is 17.6 Å². The molecule has 0 N–H and O–H groups in total. The number of thiophene rings is 1. The normalized spacial score (nSPS) is 14.0. The fraction of sp³-hybridized carbons (Fsp3) is 0.333. The Morgan fingerprint density at radius 1 is 1.19 bits per heavy atom. The van der Waals surface area contributed by atoms with Crippen molar-refractivity contribution in [2.24, 2.45) is 0 Å². The molecule has 5 rings (SSSR count). The predicted molar refractivity (Wildman–Crippen MR) is 118 cm³/mol. The van der Waals surface area contributed by atoms with Crippen molar-refractivity contribution in [3.05, 3.63) is 45.1 Å². The van der Waals surface area contributed by atoms with E-state index < -0.39 is 5.97 Å². The van der Waals surface area contributed by atoms with Gasteiger partial charge in [-0.3, -0.25) is 4.79 Å². The Morgan fingerprint density at radius 3 is 2.71 bits per heavy atom. The monoisotopic (exact) mass is 455 g/mol. The number of hydrogen-bond donors (Lipinski definition) is 0.